The van der Waals surface area contributed by atoms with E-state index in [2.05, 4.69) is 20.9 Å². The number of nitriles is 1. The van der Waals surface area contributed by atoms with Crippen LogP contribution in [0.1, 0.15) is 37.7 Å². The summed E-state index contributed by atoms with van der Waals surface area (Å²) in [6, 6.07) is 12.3. The SMILES string of the molecule is C[C@@H](O)c1nc2cnc3c(ccn3S(=O)(=O)c3ccccc3)c2n1[C@@H]1CCN(CCC#N)C1. The van der Waals surface area contributed by atoms with Crippen LogP contribution in [-0.4, -0.2) is 56.6 Å². The number of nitrogens with zero attached hydrogens (tertiary/aromatic N) is 6. The number of aliphatic hydroxyl groups excluding tert-OH is 1. The normalized spacial score (nSPS) is 18.2. The van der Waals surface area contributed by atoms with Gasteiger partial charge in [-0.15, -0.1) is 0 Å². The summed E-state index contributed by atoms with van der Waals surface area (Å²) >= 11 is 0. The number of fused-ring (bicyclic) bond motifs is 3. The second-order valence-corrected chi connectivity index (χ2v) is 10.1. The molecular formula is C23H24N6O3S. The summed E-state index contributed by atoms with van der Waals surface area (Å²) in [6.45, 7) is 3.96. The number of rotatable bonds is 6. The molecule has 1 aromatic carbocycles. The molecule has 0 aliphatic carbocycles. The van der Waals surface area contributed by atoms with Crippen molar-refractivity contribution in [1.82, 2.24) is 23.4 Å². The van der Waals surface area contributed by atoms with Gasteiger partial charge in [-0.25, -0.2) is 22.4 Å². The van der Waals surface area contributed by atoms with Gasteiger partial charge in [0.05, 0.1) is 22.7 Å². The van der Waals surface area contributed by atoms with Gasteiger partial charge < -0.3 is 14.6 Å². The highest BCUT2D eigenvalue weighted by atomic mass is 32.2. The fourth-order valence-corrected chi connectivity index (χ4v) is 5.99. The maximum atomic E-state index is 13.3. The lowest BCUT2D eigenvalue weighted by Gasteiger charge is -2.19. The number of hydrogen-bond donors (Lipinski definition) is 1. The molecule has 4 aromatic rings. The van der Waals surface area contributed by atoms with Crippen molar-refractivity contribution < 1.29 is 13.5 Å². The Morgan fingerprint density at radius 3 is 2.79 bits per heavy atom. The number of pyridine rings is 1. The minimum atomic E-state index is -3.82. The fourth-order valence-electron chi connectivity index (χ4n) is 4.66. The van der Waals surface area contributed by atoms with Crippen molar-refractivity contribution in [3.8, 4) is 6.07 Å². The van der Waals surface area contributed by atoms with E-state index in [1.54, 1.807) is 49.5 Å². The van der Waals surface area contributed by atoms with Crippen molar-refractivity contribution in [2.24, 2.45) is 0 Å². The van der Waals surface area contributed by atoms with Crippen molar-refractivity contribution in [2.45, 2.75) is 36.8 Å². The second-order valence-electron chi connectivity index (χ2n) is 8.33. The first-order chi connectivity index (χ1) is 15.9. The number of likely N-dealkylation sites (tertiary alicyclic amines) is 1. The molecule has 1 fully saturated rings. The summed E-state index contributed by atoms with van der Waals surface area (Å²) in [4.78, 5) is 11.5. The van der Waals surface area contributed by atoms with Crippen LogP contribution in [0.15, 0.2) is 53.7 Å². The fraction of sp³-hybridized carbons (Fsp3) is 0.348. The molecular weight excluding hydrogens is 440 g/mol. The van der Waals surface area contributed by atoms with Gasteiger partial charge in [0.1, 0.15) is 17.4 Å². The number of aromatic nitrogens is 4. The van der Waals surface area contributed by atoms with Gasteiger partial charge in [-0.05, 0) is 31.5 Å². The largest absolute Gasteiger partial charge is 0.385 e. The average molecular weight is 465 g/mol. The van der Waals surface area contributed by atoms with Crippen LogP contribution in [0.5, 0.6) is 0 Å². The van der Waals surface area contributed by atoms with Crippen molar-refractivity contribution >= 4 is 32.1 Å². The van der Waals surface area contributed by atoms with E-state index in [1.807, 2.05) is 4.57 Å². The van der Waals surface area contributed by atoms with Crippen LogP contribution in [0.25, 0.3) is 22.1 Å². The van der Waals surface area contributed by atoms with Crippen LogP contribution >= 0.6 is 0 Å². The van der Waals surface area contributed by atoms with E-state index in [0.29, 0.717) is 35.3 Å². The molecule has 3 aromatic heterocycles. The first-order valence-electron chi connectivity index (χ1n) is 10.9. The maximum Gasteiger partial charge on any atom is 0.269 e. The molecule has 5 rings (SSSR count). The molecule has 0 spiro atoms. The lowest BCUT2D eigenvalue weighted by molar-refractivity contribution is 0.181. The summed E-state index contributed by atoms with van der Waals surface area (Å²) in [7, 11) is -3.82. The Morgan fingerprint density at radius 1 is 1.27 bits per heavy atom. The molecule has 170 valence electrons. The Balaban J connectivity index is 1.67. The number of benzene rings is 1. The third kappa shape index (κ3) is 3.58. The molecule has 4 heterocycles. The van der Waals surface area contributed by atoms with Gasteiger partial charge in [-0.3, -0.25) is 0 Å². The number of imidazole rings is 1. The van der Waals surface area contributed by atoms with Gasteiger partial charge >= 0.3 is 0 Å². The van der Waals surface area contributed by atoms with Crippen LogP contribution in [0.2, 0.25) is 0 Å². The predicted molar refractivity (Wildman–Crippen MR) is 123 cm³/mol. The van der Waals surface area contributed by atoms with Crippen LogP contribution in [0.3, 0.4) is 0 Å². The molecule has 0 unspecified atom stereocenters. The molecule has 0 bridgehead atoms. The quantitative estimate of drug-likeness (QED) is 0.466. The van der Waals surface area contributed by atoms with E-state index >= 15 is 0 Å². The monoisotopic (exact) mass is 464 g/mol. The zero-order valence-corrected chi connectivity index (χ0v) is 19.0. The molecule has 1 aliphatic rings. The Labute approximate surface area is 191 Å². The Morgan fingerprint density at radius 2 is 2.06 bits per heavy atom. The Bertz CT molecular complexity index is 1470. The van der Waals surface area contributed by atoms with Crippen LogP contribution in [0.4, 0.5) is 0 Å². The van der Waals surface area contributed by atoms with E-state index in [0.717, 1.165) is 25.0 Å². The second kappa shape index (κ2) is 8.26. The van der Waals surface area contributed by atoms with Crippen LogP contribution in [-0.2, 0) is 10.0 Å². The molecule has 1 aliphatic heterocycles. The smallest absolute Gasteiger partial charge is 0.269 e. The lowest BCUT2D eigenvalue weighted by atomic mass is 10.2. The van der Waals surface area contributed by atoms with Gasteiger partial charge in [0.25, 0.3) is 10.0 Å². The van der Waals surface area contributed by atoms with E-state index in [1.165, 1.54) is 10.2 Å². The van der Waals surface area contributed by atoms with Gasteiger partial charge in [0.2, 0.25) is 0 Å². The van der Waals surface area contributed by atoms with Crippen LogP contribution < -0.4 is 0 Å². The zero-order valence-electron chi connectivity index (χ0n) is 18.2. The molecule has 1 N–H and O–H groups in total. The van der Waals surface area contributed by atoms with Crippen molar-refractivity contribution in [2.75, 3.05) is 19.6 Å². The Kier molecular flexibility index (Phi) is 5.40. The first kappa shape index (κ1) is 21.6. The molecule has 0 radical (unpaired) electrons. The number of aliphatic hydroxyl groups is 1. The molecule has 2 atom stereocenters. The van der Waals surface area contributed by atoms with Gasteiger partial charge in [0, 0.05) is 43.7 Å². The van der Waals surface area contributed by atoms with E-state index < -0.39 is 16.1 Å². The summed E-state index contributed by atoms with van der Waals surface area (Å²) < 4.78 is 29.8. The van der Waals surface area contributed by atoms with E-state index in [4.69, 9.17) is 5.26 Å². The molecule has 0 saturated carbocycles. The van der Waals surface area contributed by atoms with Crippen LogP contribution in [0, 0.1) is 11.3 Å². The molecule has 10 heteroatoms. The first-order valence-corrected chi connectivity index (χ1v) is 12.3. The summed E-state index contributed by atoms with van der Waals surface area (Å²) in [5, 5.41) is 20.1. The molecule has 9 nitrogen and oxygen atoms in total. The standard InChI is InChI=1S/C23H24N6O3S/c1-16(30)22-26-20-14-25-23-19(9-13-28(23)33(31,32)18-6-3-2-4-7-18)21(20)29(22)17-8-12-27(15-17)11-5-10-24/h2-4,6-7,9,13-14,16-17,30H,5,8,11-12,15H2,1H3/t16-,17-/m1/s1. The third-order valence-electron chi connectivity index (χ3n) is 6.18. The summed E-state index contributed by atoms with van der Waals surface area (Å²) in [6.07, 6.45) is 3.61. The van der Waals surface area contributed by atoms with Gasteiger partial charge in [0.15, 0.2) is 5.65 Å². The van der Waals surface area contributed by atoms with Gasteiger partial charge in [-0.2, -0.15) is 5.26 Å². The zero-order chi connectivity index (χ0) is 23.2. The highest BCUT2D eigenvalue weighted by Crippen LogP contribution is 2.35. The minimum Gasteiger partial charge on any atom is -0.385 e. The third-order valence-corrected chi connectivity index (χ3v) is 7.86. The van der Waals surface area contributed by atoms with Crippen molar-refractivity contribution in [3.63, 3.8) is 0 Å². The van der Waals surface area contributed by atoms with E-state index in [-0.39, 0.29) is 10.9 Å². The molecule has 1 saturated heterocycles. The maximum absolute atomic E-state index is 13.3. The Hall–Kier alpha value is -3.26. The topological polar surface area (TPSA) is 117 Å². The van der Waals surface area contributed by atoms with E-state index in [9.17, 15) is 13.5 Å². The van der Waals surface area contributed by atoms with Crippen molar-refractivity contribution in [3.05, 3.63) is 54.6 Å². The summed E-state index contributed by atoms with van der Waals surface area (Å²) in [5.41, 5.74) is 1.71. The lowest BCUT2D eigenvalue weighted by Crippen LogP contribution is -2.23. The average Bonchev–Trinajstić information content (AvgIpc) is 3.53. The molecule has 0 amide bonds. The predicted octanol–water partition coefficient (Wildman–Crippen LogP) is 2.84. The highest BCUT2D eigenvalue weighted by molar-refractivity contribution is 7.90. The highest BCUT2D eigenvalue weighted by Gasteiger charge is 2.30. The summed E-state index contributed by atoms with van der Waals surface area (Å²) in [5.74, 6) is 0.532. The van der Waals surface area contributed by atoms with Gasteiger partial charge in [-0.1, -0.05) is 18.2 Å². The minimum absolute atomic E-state index is 0.0537. The van der Waals surface area contributed by atoms with Crippen molar-refractivity contribution in [1.29, 1.82) is 5.26 Å². The molecule has 33 heavy (non-hydrogen) atoms. The number of hydrogen-bond acceptors (Lipinski definition) is 7.